The molecule has 0 aromatic carbocycles. The Kier molecular flexibility index (Phi) is 5.73. The molecular formula is C18H23ClN8O2. The van der Waals surface area contributed by atoms with Crippen molar-refractivity contribution < 1.29 is 9.59 Å². The van der Waals surface area contributed by atoms with Gasteiger partial charge in [-0.2, -0.15) is 15.3 Å². The lowest BCUT2D eigenvalue weighted by atomic mass is 10.2. The van der Waals surface area contributed by atoms with E-state index in [9.17, 15) is 9.59 Å². The normalized spacial score (nSPS) is 12.1. The predicted octanol–water partition coefficient (Wildman–Crippen LogP) is 2.56. The van der Waals surface area contributed by atoms with Crippen molar-refractivity contribution in [3.63, 3.8) is 0 Å². The van der Waals surface area contributed by atoms with Gasteiger partial charge in [0.2, 0.25) is 5.91 Å². The number of carbonyl (C=O) groups excluding carboxylic acids is 2. The van der Waals surface area contributed by atoms with E-state index >= 15 is 0 Å². The number of carbonyl (C=O) groups is 2. The first-order valence-electron chi connectivity index (χ1n) is 9.10. The van der Waals surface area contributed by atoms with Crippen LogP contribution in [-0.2, 0) is 18.4 Å². The quantitative estimate of drug-likeness (QED) is 0.638. The van der Waals surface area contributed by atoms with Gasteiger partial charge in [-0.25, -0.2) is 0 Å². The third-order valence-electron chi connectivity index (χ3n) is 4.73. The standard InChI is InChI=1S/C18H23ClN8O2/c1-6-26-16(18(29)22-14-7-20-25(5)11(14)3)15(8-21-26)23-17(28)12(4)27-9-13(19)10(2)24-27/h7-9,12H,6H2,1-5H3,(H,22,29)(H,23,28). The zero-order valence-electron chi connectivity index (χ0n) is 16.9. The van der Waals surface area contributed by atoms with E-state index < -0.39 is 6.04 Å². The summed E-state index contributed by atoms with van der Waals surface area (Å²) in [6.45, 7) is 7.63. The second-order valence-electron chi connectivity index (χ2n) is 6.65. The minimum Gasteiger partial charge on any atom is -0.321 e. The number of hydrogen-bond donors (Lipinski definition) is 2. The van der Waals surface area contributed by atoms with Gasteiger partial charge in [0, 0.05) is 19.8 Å². The van der Waals surface area contributed by atoms with E-state index in [1.165, 1.54) is 15.6 Å². The Labute approximate surface area is 172 Å². The van der Waals surface area contributed by atoms with Crippen molar-refractivity contribution in [2.24, 2.45) is 7.05 Å². The fourth-order valence-corrected chi connectivity index (χ4v) is 2.91. The Balaban J connectivity index is 1.83. The van der Waals surface area contributed by atoms with E-state index in [1.54, 1.807) is 38.0 Å². The number of nitrogens with zero attached hydrogens (tertiary/aromatic N) is 6. The van der Waals surface area contributed by atoms with Crippen LogP contribution in [0.3, 0.4) is 0 Å². The summed E-state index contributed by atoms with van der Waals surface area (Å²) in [5.74, 6) is -0.729. The van der Waals surface area contributed by atoms with E-state index in [1.807, 2.05) is 13.8 Å². The lowest BCUT2D eigenvalue weighted by molar-refractivity contribution is -0.119. The van der Waals surface area contributed by atoms with Gasteiger partial charge >= 0.3 is 0 Å². The van der Waals surface area contributed by atoms with E-state index in [4.69, 9.17) is 11.6 Å². The predicted molar refractivity (Wildman–Crippen MR) is 109 cm³/mol. The summed E-state index contributed by atoms with van der Waals surface area (Å²) in [4.78, 5) is 25.6. The summed E-state index contributed by atoms with van der Waals surface area (Å²) in [7, 11) is 1.79. The molecule has 0 bridgehead atoms. The van der Waals surface area contributed by atoms with E-state index in [2.05, 4.69) is 25.9 Å². The largest absolute Gasteiger partial charge is 0.321 e. The van der Waals surface area contributed by atoms with Gasteiger partial charge < -0.3 is 10.6 Å². The Hall–Kier alpha value is -3.14. The van der Waals surface area contributed by atoms with Crippen LogP contribution in [-0.4, -0.2) is 41.2 Å². The summed E-state index contributed by atoms with van der Waals surface area (Å²) in [6.07, 6.45) is 4.62. The Morgan fingerprint density at radius 1 is 1.17 bits per heavy atom. The third kappa shape index (κ3) is 4.02. The van der Waals surface area contributed by atoms with Crippen molar-refractivity contribution in [1.82, 2.24) is 29.3 Å². The average molecular weight is 419 g/mol. The molecule has 11 heteroatoms. The van der Waals surface area contributed by atoms with Crippen LogP contribution in [0.5, 0.6) is 0 Å². The first-order valence-corrected chi connectivity index (χ1v) is 9.48. The molecule has 2 N–H and O–H groups in total. The molecule has 154 valence electrons. The molecule has 1 atom stereocenters. The minimum atomic E-state index is -0.623. The molecule has 29 heavy (non-hydrogen) atoms. The number of aromatic nitrogens is 6. The molecule has 0 spiro atoms. The molecular weight excluding hydrogens is 396 g/mol. The van der Waals surface area contributed by atoms with Crippen molar-refractivity contribution in [2.45, 2.75) is 40.3 Å². The summed E-state index contributed by atoms with van der Waals surface area (Å²) < 4.78 is 4.67. The molecule has 0 fully saturated rings. The molecule has 0 saturated heterocycles. The molecule has 2 amide bonds. The smallest absolute Gasteiger partial charge is 0.276 e. The number of halogens is 1. The van der Waals surface area contributed by atoms with Gasteiger partial charge in [-0.1, -0.05) is 11.6 Å². The maximum Gasteiger partial charge on any atom is 0.276 e. The first kappa shape index (κ1) is 20.6. The van der Waals surface area contributed by atoms with Crippen molar-refractivity contribution in [2.75, 3.05) is 10.6 Å². The second kappa shape index (κ2) is 8.08. The lowest BCUT2D eigenvalue weighted by Crippen LogP contribution is -2.26. The van der Waals surface area contributed by atoms with Gasteiger partial charge in [0.1, 0.15) is 11.7 Å². The molecule has 10 nitrogen and oxygen atoms in total. The van der Waals surface area contributed by atoms with E-state index in [0.717, 1.165) is 5.69 Å². The van der Waals surface area contributed by atoms with Crippen LogP contribution in [0.25, 0.3) is 0 Å². The topological polar surface area (TPSA) is 112 Å². The maximum absolute atomic E-state index is 12.9. The number of anilines is 2. The minimum absolute atomic E-state index is 0.256. The molecule has 3 rings (SSSR count). The van der Waals surface area contributed by atoms with Crippen LogP contribution in [0.15, 0.2) is 18.6 Å². The van der Waals surface area contributed by atoms with Gasteiger partial charge in [-0.05, 0) is 27.7 Å². The van der Waals surface area contributed by atoms with Gasteiger partial charge in [-0.15, -0.1) is 0 Å². The Bertz CT molecular complexity index is 1040. The van der Waals surface area contributed by atoms with E-state index in [0.29, 0.717) is 28.6 Å². The molecule has 3 aromatic rings. The SMILES string of the molecule is CCn1ncc(NC(=O)C(C)n2cc(Cl)c(C)n2)c1C(=O)Nc1cnn(C)c1C. The highest BCUT2D eigenvalue weighted by atomic mass is 35.5. The molecule has 0 aliphatic rings. The van der Waals surface area contributed by atoms with Crippen LogP contribution in [0, 0.1) is 13.8 Å². The second-order valence-corrected chi connectivity index (χ2v) is 7.06. The highest BCUT2D eigenvalue weighted by Gasteiger charge is 2.24. The van der Waals surface area contributed by atoms with Gasteiger partial charge in [0.05, 0.1) is 40.2 Å². The summed E-state index contributed by atoms with van der Waals surface area (Å²) in [5, 5.41) is 18.6. The van der Waals surface area contributed by atoms with Gasteiger partial charge in [0.15, 0.2) is 0 Å². The number of nitrogens with one attached hydrogen (secondary N) is 2. The number of hydrogen-bond acceptors (Lipinski definition) is 5. The highest BCUT2D eigenvalue weighted by molar-refractivity contribution is 6.31. The van der Waals surface area contributed by atoms with Crippen LogP contribution in [0.4, 0.5) is 11.4 Å². The molecule has 3 aromatic heterocycles. The Morgan fingerprint density at radius 2 is 1.86 bits per heavy atom. The third-order valence-corrected chi connectivity index (χ3v) is 5.10. The van der Waals surface area contributed by atoms with E-state index in [-0.39, 0.29) is 17.5 Å². The molecule has 0 aliphatic carbocycles. The summed E-state index contributed by atoms with van der Waals surface area (Å²) in [5.41, 5.74) is 2.61. The highest BCUT2D eigenvalue weighted by Crippen LogP contribution is 2.21. The lowest BCUT2D eigenvalue weighted by Gasteiger charge is -2.13. The molecule has 3 heterocycles. The van der Waals surface area contributed by atoms with Crippen LogP contribution in [0.2, 0.25) is 5.02 Å². The monoisotopic (exact) mass is 418 g/mol. The van der Waals surface area contributed by atoms with Crippen molar-refractivity contribution in [1.29, 1.82) is 0 Å². The van der Waals surface area contributed by atoms with Gasteiger partial charge in [-0.3, -0.25) is 23.6 Å². The summed E-state index contributed by atoms with van der Waals surface area (Å²) in [6, 6.07) is -0.623. The van der Waals surface area contributed by atoms with Crippen molar-refractivity contribution in [3.8, 4) is 0 Å². The fourth-order valence-electron chi connectivity index (χ4n) is 2.77. The zero-order valence-corrected chi connectivity index (χ0v) is 17.7. The van der Waals surface area contributed by atoms with Crippen molar-refractivity contribution in [3.05, 3.63) is 40.7 Å². The Morgan fingerprint density at radius 3 is 2.41 bits per heavy atom. The summed E-state index contributed by atoms with van der Waals surface area (Å²) >= 11 is 6.03. The van der Waals surface area contributed by atoms with Crippen LogP contribution >= 0.6 is 11.6 Å². The number of aryl methyl sites for hydroxylation is 3. The molecule has 0 radical (unpaired) electrons. The van der Waals surface area contributed by atoms with Crippen LogP contribution in [0.1, 0.15) is 41.8 Å². The van der Waals surface area contributed by atoms with Crippen LogP contribution < -0.4 is 10.6 Å². The average Bonchev–Trinajstić information content (AvgIpc) is 3.34. The molecule has 0 aliphatic heterocycles. The van der Waals surface area contributed by atoms with Gasteiger partial charge in [0.25, 0.3) is 5.91 Å². The fraction of sp³-hybridized carbons (Fsp3) is 0.389. The van der Waals surface area contributed by atoms with Crippen molar-refractivity contribution >= 4 is 34.8 Å². The number of rotatable bonds is 6. The number of amides is 2. The zero-order chi connectivity index (χ0) is 21.3. The maximum atomic E-state index is 12.9. The molecule has 1 unspecified atom stereocenters. The first-order chi connectivity index (χ1) is 13.7. The molecule has 0 saturated carbocycles.